The Hall–Kier alpha value is -8.26. The summed E-state index contributed by atoms with van der Waals surface area (Å²) < 4.78 is 117. The third-order valence-electron chi connectivity index (χ3n) is 11.3. The van der Waals surface area contributed by atoms with Crippen LogP contribution in [0.25, 0.3) is 88.3 Å². The Labute approximate surface area is 386 Å². The van der Waals surface area contributed by atoms with Gasteiger partial charge in [0, 0.05) is 17.1 Å². The van der Waals surface area contributed by atoms with E-state index in [2.05, 4.69) is 0 Å². The fraction of sp³-hybridized carbons (Fsp3) is 0. The van der Waals surface area contributed by atoms with Crippen molar-refractivity contribution in [2.24, 2.45) is 0 Å². The standard InChI is InChI=1S/C62H43N/c1-4-16-45(17-5-1)58-40-35-51(43-61(58)48-20-8-3-9-21-48)44-30-36-53(37-31-44)63(55-26-14-25-52(42-55)57-29-15-24-46-22-10-12-27-56(46)57)54-38-32-50(33-39-54)62-59-28-13-11-23-49(59)34-41-60(62)47-18-6-2-7-19-47/h1-43H/i14D,25D,26D,30D,31D,32D,33D,36D,37D,38D,39D,42D. The Morgan fingerprint density at radius 2 is 0.810 bits per heavy atom. The van der Waals surface area contributed by atoms with E-state index >= 15 is 0 Å². The van der Waals surface area contributed by atoms with Crippen LogP contribution in [0.1, 0.15) is 16.4 Å². The summed E-state index contributed by atoms with van der Waals surface area (Å²) in [6.45, 7) is 0. The molecule has 296 valence electrons. The number of hydrogen-bond acceptors (Lipinski definition) is 1. The Balaban J connectivity index is 1.22. The number of hydrogen-bond donors (Lipinski definition) is 0. The van der Waals surface area contributed by atoms with Gasteiger partial charge in [0.1, 0.15) is 0 Å². The smallest absolute Gasteiger partial charge is 0.0651 e. The first-order chi connectivity index (χ1) is 36.3. The van der Waals surface area contributed by atoms with Crippen LogP contribution in [0.2, 0.25) is 0 Å². The first-order valence-electron chi connectivity index (χ1n) is 26.7. The third kappa shape index (κ3) is 7.37. The van der Waals surface area contributed by atoms with Gasteiger partial charge in [0.15, 0.2) is 0 Å². The second kappa shape index (κ2) is 16.7. The van der Waals surface area contributed by atoms with Crippen LogP contribution in [0, 0.1) is 0 Å². The van der Waals surface area contributed by atoms with Crippen LogP contribution in [-0.2, 0) is 0 Å². The summed E-state index contributed by atoms with van der Waals surface area (Å²) in [4.78, 5) is 0.918. The lowest BCUT2D eigenvalue weighted by molar-refractivity contribution is 1.28. The first kappa shape index (κ1) is 26.8. The molecule has 63 heavy (non-hydrogen) atoms. The summed E-state index contributed by atoms with van der Waals surface area (Å²) in [5.74, 6) is 0. The van der Waals surface area contributed by atoms with Crippen molar-refractivity contribution in [1.82, 2.24) is 0 Å². The fourth-order valence-corrected chi connectivity index (χ4v) is 8.29. The highest BCUT2D eigenvalue weighted by atomic mass is 15.1. The average Bonchev–Trinajstić information content (AvgIpc) is 3.44. The van der Waals surface area contributed by atoms with Crippen molar-refractivity contribution >= 4 is 38.6 Å². The average molecular weight is 814 g/mol. The van der Waals surface area contributed by atoms with Gasteiger partial charge >= 0.3 is 0 Å². The molecule has 1 heteroatoms. The van der Waals surface area contributed by atoms with Gasteiger partial charge in [0.2, 0.25) is 0 Å². The molecule has 11 aromatic carbocycles. The third-order valence-corrected chi connectivity index (χ3v) is 11.3. The van der Waals surface area contributed by atoms with Crippen molar-refractivity contribution in [3.63, 3.8) is 0 Å². The van der Waals surface area contributed by atoms with E-state index in [0.717, 1.165) is 43.5 Å². The lowest BCUT2D eigenvalue weighted by atomic mass is 9.89. The predicted molar refractivity (Wildman–Crippen MR) is 269 cm³/mol. The summed E-state index contributed by atoms with van der Waals surface area (Å²) in [6.07, 6.45) is 0. The topological polar surface area (TPSA) is 3.24 Å². The maximum atomic E-state index is 10.0. The second-order valence-electron chi connectivity index (χ2n) is 15.1. The van der Waals surface area contributed by atoms with Crippen LogP contribution < -0.4 is 4.90 Å². The Kier molecular flexibility index (Phi) is 7.10. The molecule has 0 aliphatic heterocycles. The summed E-state index contributed by atoms with van der Waals surface area (Å²) in [5.41, 5.74) is 4.02. The van der Waals surface area contributed by atoms with Gasteiger partial charge in [-0.05, 0) is 131 Å². The van der Waals surface area contributed by atoms with Crippen LogP contribution in [0.15, 0.2) is 261 Å². The normalized spacial score (nSPS) is 13.8. The lowest BCUT2D eigenvalue weighted by Crippen LogP contribution is -2.10. The van der Waals surface area contributed by atoms with Crippen molar-refractivity contribution in [3.8, 4) is 66.8 Å². The number of benzene rings is 11. The fourth-order valence-electron chi connectivity index (χ4n) is 8.29. The van der Waals surface area contributed by atoms with Gasteiger partial charge < -0.3 is 4.90 Å². The molecule has 0 fully saturated rings. The van der Waals surface area contributed by atoms with E-state index in [4.69, 9.17) is 0 Å². The van der Waals surface area contributed by atoms with Crippen LogP contribution in [-0.4, -0.2) is 0 Å². The van der Waals surface area contributed by atoms with Crippen molar-refractivity contribution in [3.05, 3.63) is 261 Å². The maximum absolute atomic E-state index is 10.0. The SMILES string of the molecule is [2H]c1c([2H])c(-c2cccc3ccccc23)c([2H])c(N(c2c([2H])c([2H])c(-c3ccc(-c4ccccc4)c(-c4ccccc4)c3)c([2H])c2[2H])c2c([2H])c([2H])c(-c3c(-c4ccccc4)ccc4ccccc34)c([2H])c2[2H])c1[2H]. The number of fused-ring (bicyclic) bond motifs is 2. The molecule has 0 radical (unpaired) electrons. The molecule has 0 amide bonds. The summed E-state index contributed by atoms with van der Waals surface area (Å²) >= 11 is 0. The minimum absolute atomic E-state index is 0.0521. The maximum Gasteiger partial charge on any atom is 0.0651 e. The second-order valence-corrected chi connectivity index (χ2v) is 15.1. The highest BCUT2D eigenvalue weighted by Crippen LogP contribution is 2.43. The zero-order valence-corrected chi connectivity index (χ0v) is 33.8. The van der Waals surface area contributed by atoms with Gasteiger partial charge in [-0.15, -0.1) is 0 Å². The lowest BCUT2D eigenvalue weighted by Gasteiger charge is -2.27. The molecule has 0 aliphatic carbocycles. The summed E-state index contributed by atoms with van der Waals surface area (Å²) in [7, 11) is 0. The van der Waals surface area contributed by atoms with Crippen molar-refractivity contribution < 1.29 is 16.4 Å². The zero-order chi connectivity index (χ0) is 52.4. The first-order valence-corrected chi connectivity index (χ1v) is 20.7. The molecule has 0 N–H and O–H groups in total. The molecule has 0 aliphatic rings. The van der Waals surface area contributed by atoms with Crippen LogP contribution >= 0.6 is 0 Å². The Bertz CT molecular complexity index is 4030. The predicted octanol–water partition coefficient (Wildman–Crippen LogP) is 17.5. The monoisotopic (exact) mass is 813 g/mol. The van der Waals surface area contributed by atoms with E-state index < -0.39 is 89.6 Å². The van der Waals surface area contributed by atoms with Gasteiger partial charge in [-0.25, -0.2) is 0 Å². The van der Waals surface area contributed by atoms with Gasteiger partial charge in [-0.3, -0.25) is 0 Å². The van der Waals surface area contributed by atoms with E-state index in [1.165, 1.54) is 0 Å². The van der Waals surface area contributed by atoms with Crippen molar-refractivity contribution in [1.29, 1.82) is 0 Å². The molecular formula is C62H43N. The van der Waals surface area contributed by atoms with Crippen LogP contribution in [0.5, 0.6) is 0 Å². The van der Waals surface area contributed by atoms with Crippen molar-refractivity contribution in [2.75, 3.05) is 4.90 Å². The minimum atomic E-state index is -0.736. The largest absolute Gasteiger partial charge is 0.310 e. The van der Waals surface area contributed by atoms with Crippen molar-refractivity contribution in [2.45, 2.75) is 0 Å². The van der Waals surface area contributed by atoms with Gasteiger partial charge in [0.05, 0.1) is 16.4 Å². The van der Waals surface area contributed by atoms with Gasteiger partial charge in [-0.1, -0.05) is 218 Å². The Morgan fingerprint density at radius 3 is 1.48 bits per heavy atom. The number of rotatable bonds is 9. The highest BCUT2D eigenvalue weighted by molar-refractivity contribution is 6.04. The molecule has 0 saturated heterocycles. The van der Waals surface area contributed by atoms with Crippen LogP contribution in [0.3, 0.4) is 0 Å². The van der Waals surface area contributed by atoms with E-state index in [1.807, 2.05) is 158 Å². The number of nitrogens with zero attached hydrogens (tertiary/aromatic N) is 1. The molecule has 0 saturated carbocycles. The van der Waals surface area contributed by atoms with Gasteiger partial charge in [0.25, 0.3) is 0 Å². The molecule has 1 nitrogen and oxygen atoms in total. The van der Waals surface area contributed by atoms with E-state index in [0.29, 0.717) is 33.0 Å². The molecule has 0 atom stereocenters. The van der Waals surface area contributed by atoms with E-state index in [9.17, 15) is 16.4 Å². The minimum Gasteiger partial charge on any atom is -0.310 e. The van der Waals surface area contributed by atoms with E-state index in [1.54, 1.807) is 30.3 Å². The summed E-state index contributed by atoms with van der Waals surface area (Å²) in [5, 5.41) is 2.81. The highest BCUT2D eigenvalue weighted by Gasteiger charge is 2.18. The molecule has 0 aromatic heterocycles. The molecule has 11 rings (SSSR count). The molecule has 0 bridgehead atoms. The quantitative estimate of drug-likeness (QED) is 0.140. The zero-order valence-electron chi connectivity index (χ0n) is 45.8. The summed E-state index contributed by atoms with van der Waals surface area (Å²) in [6, 6.07) is 50.7. The molecule has 0 spiro atoms. The van der Waals surface area contributed by atoms with Crippen LogP contribution in [0.4, 0.5) is 17.1 Å². The number of anilines is 3. The Morgan fingerprint density at radius 1 is 0.286 bits per heavy atom. The molecular weight excluding hydrogens is 759 g/mol. The molecule has 0 unspecified atom stereocenters. The van der Waals surface area contributed by atoms with Gasteiger partial charge in [-0.2, -0.15) is 0 Å². The molecule has 0 heterocycles. The molecule has 11 aromatic rings. The van der Waals surface area contributed by atoms with E-state index in [-0.39, 0.29) is 16.7 Å².